The molecule has 0 bridgehead atoms. The van der Waals surface area contributed by atoms with Crippen molar-refractivity contribution in [3.8, 4) is 5.75 Å². The van der Waals surface area contributed by atoms with E-state index in [1.807, 2.05) is 91.0 Å². The maximum Gasteiger partial charge on any atom is 0.355 e. The number of hydrogen-bond acceptors (Lipinski definition) is 18. The number of hydrogen-bond donors (Lipinski definition) is 5. The maximum absolute atomic E-state index is 14.8. The van der Waals surface area contributed by atoms with Crippen LogP contribution in [0.15, 0.2) is 148 Å². The molecule has 1 saturated heterocycles. The van der Waals surface area contributed by atoms with Crippen molar-refractivity contribution in [2.45, 2.75) is 74.5 Å². The quantitative estimate of drug-likeness (QED) is 0.00839. The number of methoxy groups -OCH3 is 1. The van der Waals surface area contributed by atoms with E-state index in [0.29, 0.717) is 33.0 Å². The zero-order valence-corrected chi connectivity index (χ0v) is 44.2. The van der Waals surface area contributed by atoms with E-state index < -0.39 is 51.9 Å². The number of anilines is 3. The SMILES string of the molecule is CN[n+]1c(N)cc(N)nc1SCC1=C(C(=O)OCc2ccc(OC)cc2)N2C(=O)C(NC(=O)/C(=N\OC(C)(C)C(=O)OC(C)(C)C)c3csc(NC(c4ccccc4)(c4ccccc4)c4ccccc4)n3)C2SC1. The second-order valence-electron chi connectivity index (χ2n) is 18.5. The summed E-state index contributed by atoms with van der Waals surface area (Å²) in [5, 5.41) is 12.6. The van der Waals surface area contributed by atoms with Crippen LogP contribution < -0.4 is 36.9 Å². The monoisotopic (exact) mass is 1060 g/mol. The van der Waals surface area contributed by atoms with Crippen molar-refractivity contribution in [2.24, 2.45) is 5.16 Å². The third-order valence-corrected chi connectivity index (χ3v) is 14.9. The molecule has 2 unspecified atom stereocenters. The Balaban J connectivity index is 1.11. The Bertz CT molecular complexity index is 2980. The van der Waals surface area contributed by atoms with Crippen LogP contribution in [-0.2, 0) is 45.6 Å². The Kier molecular flexibility index (Phi) is 15.8. The molecule has 0 radical (unpaired) electrons. The van der Waals surface area contributed by atoms with Gasteiger partial charge in [0, 0.05) is 23.9 Å². The van der Waals surface area contributed by atoms with E-state index in [4.69, 9.17) is 35.5 Å². The number of aromatic nitrogens is 3. The minimum atomic E-state index is -1.67. The minimum absolute atomic E-state index is 0.0448. The van der Waals surface area contributed by atoms with Gasteiger partial charge in [-0.1, -0.05) is 113 Å². The highest BCUT2D eigenvalue weighted by Gasteiger charge is 2.55. The van der Waals surface area contributed by atoms with Crippen LogP contribution in [0.4, 0.5) is 16.8 Å². The lowest BCUT2D eigenvalue weighted by atomic mass is 9.77. The van der Waals surface area contributed by atoms with Gasteiger partial charge in [-0.2, -0.15) is 0 Å². The highest BCUT2D eigenvalue weighted by Crippen LogP contribution is 2.43. The number of amides is 2. The normalized spacial score (nSPS) is 15.9. The molecule has 0 saturated carbocycles. The predicted octanol–water partition coefficient (Wildman–Crippen LogP) is 6.61. The standard InChI is InChI=1S/C53H56N10O8S3/c1-51(2,3)70-48(67)52(4,5)71-61-41(38-31-73-49(57-38)60-53(34-17-11-8-12-18-34,35-19-13-9-14-20-35)36-21-15-10-16-22-36)44(64)59-42-45(65)62-43(47(66)69-28-32-23-25-37(68-7)26-24-32)33(29-72-46(42)62)30-74-50-58-39(54)27-40(55)63(50)56-6/h8-27,31,42,46,56H,28-30H2,1-7H3,(H5,54,55,57,59,60,64)/p+1/b61-41-. The molecule has 21 heteroatoms. The number of nitrogens with two attached hydrogens (primary N) is 2. The summed E-state index contributed by atoms with van der Waals surface area (Å²) in [5.74, 6) is -1.22. The van der Waals surface area contributed by atoms with Crippen LogP contribution >= 0.6 is 34.9 Å². The molecule has 1 fully saturated rings. The van der Waals surface area contributed by atoms with E-state index >= 15 is 0 Å². The number of rotatable bonds is 19. The smallest absolute Gasteiger partial charge is 0.355 e. The zero-order valence-electron chi connectivity index (χ0n) is 41.8. The lowest BCUT2D eigenvalue weighted by Gasteiger charge is -2.49. The van der Waals surface area contributed by atoms with Crippen molar-refractivity contribution in [3.05, 3.63) is 166 Å². The third kappa shape index (κ3) is 11.4. The number of nitrogens with zero attached hydrogens (tertiary/aromatic N) is 5. The Morgan fingerprint density at radius 3 is 2.05 bits per heavy atom. The van der Waals surface area contributed by atoms with Crippen molar-refractivity contribution < 1.29 is 42.9 Å². The Morgan fingerprint density at radius 1 is 0.878 bits per heavy atom. The highest BCUT2D eigenvalue weighted by atomic mass is 32.2. The molecule has 4 heterocycles. The van der Waals surface area contributed by atoms with Crippen molar-refractivity contribution in [3.63, 3.8) is 0 Å². The van der Waals surface area contributed by atoms with Gasteiger partial charge in [0.05, 0.1) is 13.2 Å². The van der Waals surface area contributed by atoms with E-state index in [1.54, 1.807) is 69.3 Å². The Labute approximate surface area is 441 Å². The first-order valence-corrected chi connectivity index (χ1v) is 26.3. The number of thioether (sulfide) groups is 2. The average Bonchev–Trinajstić information content (AvgIpc) is 3.85. The van der Waals surface area contributed by atoms with E-state index in [2.05, 4.69) is 26.2 Å². The average molecular weight is 1060 g/mol. The first-order chi connectivity index (χ1) is 35.4. The van der Waals surface area contributed by atoms with E-state index in [-0.39, 0.29) is 41.0 Å². The number of carbonyl (C=O) groups excluding carboxylic acids is 4. The van der Waals surface area contributed by atoms with Gasteiger partial charge in [-0.05, 0) is 86.3 Å². The van der Waals surface area contributed by atoms with Crippen LogP contribution in [0.3, 0.4) is 0 Å². The first kappa shape index (κ1) is 52.7. The molecule has 2 atom stereocenters. The third-order valence-electron chi connectivity index (χ3n) is 11.8. The van der Waals surface area contributed by atoms with Gasteiger partial charge < -0.3 is 41.1 Å². The summed E-state index contributed by atoms with van der Waals surface area (Å²) in [6, 6.07) is 37.3. The van der Waals surface area contributed by atoms with Gasteiger partial charge in [-0.25, -0.2) is 14.6 Å². The minimum Gasteiger partial charge on any atom is -0.497 e. The summed E-state index contributed by atoms with van der Waals surface area (Å²) in [6.45, 7) is 8.04. The number of ether oxygens (including phenoxy) is 3. The van der Waals surface area contributed by atoms with Crippen LogP contribution in [0.1, 0.15) is 62.6 Å². The summed E-state index contributed by atoms with van der Waals surface area (Å²) < 4.78 is 18.3. The van der Waals surface area contributed by atoms with E-state index in [9.17, 15) is 19.2 Å². The van der Waals surface area contributed by atoms with Crippen LogP contribution in [0.2, 0.25) is 0 Å². The van der Waals surface area contributed by atoms with Crippen LogP contribution in [0.5, 0.6) is 5.75 Å². The summed E-state index contributed by atoms with van der Waals surface area (Å²) in [5.41, 5.74) is 15.6. The summed E-state index contributed by atoms with van der Waals surface area (Å²) in [4.78, 5) is 73.5. The van der Waals surface area contributed by atoms with Crippen molar-refractivity contribution >= 4 is 81.1 Å². The summed E-state index contributed by atoms with van der Waals surface area (Å²) in [7, 11) is 3.23. The number of thiazole rings is 1. The Hall–Kier alpha value is -7.62. The lowest BCUT2D eigenvalue weighted by Crippen LogP contribution is -2.71. The molecular formula is C53H57N10O8S3+. The van der Waals surface area contributed by atoms with Crippen LogP contribution in [0.25, 0.3) is 0 Å². The molecule has 8 rings (SSSR count). The van der Waals surface area contributed by atoms with Crippen LogP contribution in [-0.4, -0.2) is 92.6 Å². The van der Waals surface area contributed by atoms with Gasteiger partial charge in [-0.15, -0.1) is 27.8 Å². The number of β-lactam (4-membered cyclic amide) rings is 1. The van der Waals surface area contributed by atoms with Crippen LogP contribution in [0, 0.1) is 0 Å². The second-order valence-corrected chi connectivity index (χ2v) is 21.4. The zero-order chi connectivity index (χ0) is 52.8. The van der Waals surface area contributed by atoms with Gasteiger partial charge in [0.2, 0.25) is 17.2 Å². The second kappa shape index (κ2) is 22.2. The molecule has 74 heavy (non-hydrogen) atoms. The van der Waals surface area contributed by atoms with Gasteiger partial charge in [0.25, 0.3) is 11.8 Å². The van der Waals surface area contributed by atoms with Crippen molar-refractivity contribution in [1.29, 1.82) is 0 Å². The fourth-order valence-electron chi connectivity index (χ4n) is 8.11. The first-order valence-electron chi connectivity index (χ1n) is 23.4. The number of carbonyl (C=O) groups is 4. The molecule has 2 aromatic heterocycles. The lowest BCUT2D eigenvalue weighted by molar-refractivity contribution is -0.675. The Morgan fingerprint density at radius 2 is 1.49 bits per heavy atom. The fraction of sp³-hybridized carbons (Fsp3) is 0.283. The fourth-order valence-corrected chi connectivity index (χ4v) is 11.4. The number of nitrogens with one attached hydrogen (secondary N) is 3. The topological polar surface area (TPSA) is 239 Å². The molecule has 4 aromatic carbocycles. The predicted molar refractivity (Wildman–Crippen MR) is 287 cm³/mol. The summed E-state index contributed by atoms with van der Waals surface area (Å²) in [6.07, 6.45) is 0. The molecule has 0 aliphatic carbocycles. The molecule has 384 valence electrons. The van der Waals surface area contributed by atoms with E-state index in [0.717, 1.165) is 16.7 Å². The van der Waals surface area contributed by atoms with E-state index in [1.165, 1.54) is 59.7 Å². The number of nitrogen functional groups attached to an aromatic ring is 2. The molecule has 7 N–H and O–H groups in total. The molecule has 0 spiro atoms. The number of esters is 2. The van der Waals surface area contributed by atoms with Gasteiger partial charge in [-0.3, -0.25) is 19.9 Å². The molecule has 2 aliphatic rings. The molecule has 6 aromatic rings. The molecule has 2 aliphatic heterocycles. The highest BCUT2D eigenvalue weighted by molar-refractivity contribution is 8.01. The number of oxime groups is 1. The van der Waals surface area contributed by atoms with Crippen molar-refractivity contribution in [2.75, 3.05) is 47.9 Å². The van der Waals surface area contributed by atoms with Crippen molar-refractivity contribution in [1.82, 2.24) is 20.2 Å². The molecule has 2 amide bonds. The van der Waals surface area contributed by atoms with Gasteiger partial charge >= 0.3 is 17.1 Å². The molecule has 18 nitrogen and oxygen atoms in total. The number of benzene rings is 4. The summed E-state index contributed by atoms with van der Waals surface area (Å²) >= 11 is 3.84. The van der Waals surface area contributed by atoms with Gasteiger partial charge in [0.1, 0.15) is 46.3 Å². The maximum atomic E-state index is 14.8. The van der Waals surface area contributed by atoms with Gasteiger partial charge in [0.15, 0.2) is 10.8 Å². The largest absolute Gasteiger partial charge is 0.497 e. The molecular weight excluding hydrogens is 1000 g/mol. The number of fused-ring (bicyclic) bond motifs is 1.